The van der Waals surface area contributed by atoms with Crippen LogP contribution in [0.15, 0.2) is 48.5 Å². The van der Waals surface area contributed by atoms with Gasteiger partial charge in [0.1, 0.15) is 46.2 Å². The van der Waals surface area contributed by atoms with E-state index in [2.05, 4.69) is 21.3 Å². The molecule has 0 radical (unpaired) electrons. The summed E-state index contributed by atoms with van der Waals surface area (Å²) in [6, 6.07) is 3.47. The number of halogens is 13. The zero-order valence-electron chi connectivity index (χ0n) is 24.5. The molecule has 4 aromatic rings. The Kier molecular flexibility index (Phi) is 10.8. The lowest BCUT2D eigenvalue weighted by molar-refractivity contribution is -0.276. The highest BCUT2D eigenvalue weighted by atomic mass is 19.4. The summed E-state index contributed by atoms with van der Waals surface area (Å²) < 4.78 is 189. The second kappa shape index (κ2) is 14.4. The zero-order chi connectivity index (χ0) is 36.3. The quantitative estimate of drug-likeness (QED) is 0.141. The Balaban J connectivity index is 1.56. The second-order valence-corrected chi connectivity index (χ2v) is 10.1. The first-order valence-corrected chi connectivity index (χ1v) is 13.7. The molecule has 4 aromatic carbocycles. The number of ether oxygens (including phenoxy) is 2. The van der Waals surface area contributed by atoms with Crippen molar-refractivity contribution in [3.8, 4) is 35.2 Å². The summed E-state index contributed by atoms with van der Waals surface area (Å²) in [5.74, 6) is -8.41. The molecule has 0 heterocycles. The van der Waals surface area contributed by atoms with E-state index in [-0.39, 0.29) is 24.3 Å². The van der Waals surface area contributed by atoms with Crippen molar-refractivity contribution in [2.45, 2.75) is 38.7 Å². The molecule has 0 saturated heterocycles. The molecule has 4 rings (SSSR count). The summed E-state index contributed by atoms with van der Waals surface area (Å²) in [7, 11) is 0. The zero-order valence-corrected chi connectivity index (χ0v) is 24.5. The van der Waals surface area contributed by atoms with Crippen molar-refractivity contribution in [3.63, 3.8) is 0 Å². The number of hydrogen-bond donors (Lipinski definition) is 0. The lowest BCUT2D eigenvalue weighted by Gasteiger charge is -2.20. The van der Waals surface area contributed by atoms with Crippen LogP contribution in [0.3, 0.4) is 0 Å². The molecule has 0 amide bonds. The minimum Gasteiger partial charge on any atom is -0.429 e. The van der Waals surface area contributed by atoms with Crippen molar-refractivity contribution < 1.29 is 66.5 Å². The maximum Gasteiger partial charge on any atom is 0.573 e. The van der Waals surface area contributed by atoms with Gasteiger partial charge in [-0.05, 0) is 54.8 Å². The Hall–Kier alpha value is -5.31. The summed E-state index contributed by atoms with van der Waals surface area (Å²) in [4.78, 5) is 0. The lowest BCUT2D eigenvalue weighted by atomic mass is 10.0. The SMILES string of the molecule is CCCCc1cc(F)c(C#Cc2cc(F)c(C(F)(F)Oc3cc(F)c(C#Cc4cc(F)c(OC(F)(F)F)c(F)c4)c(F)c3)c(F)c2)c(F)c1. The van der Waals surface area contributed by atoms with E-state index in [0.29, 0.717) is 30.5 Å². The van der Waals surface area contributed by atoms with Gasteiger partial charge in [-0.1, -0.05) is 37.0 Å². The molecular weight excluding hydrogens is 687 g/mol. The third-order valence-corrected chi connectivity index (χ3v) is 6.40. The number of benzene rings is 4. The molecule has 0 spiro atoms. The van der Waals surface area contributed by atoms with E-state index in [1.54, 1.807) is 5.92 Å². The fraction of sp³-hybridized carbons (Fsp3) is 0.176. The van der Waals surface area contributed by atoms with E-state index in [0.717, 1.165) is 18.6 Å². The molecule has 0 N–H and O–H groups in total. The Morgan fingerprint density at radius 1 is 0.531 bits per heavy atom. The minimum atomic E-state index is -5.44. The Bertz CT molecular complexity index is 1940. The van der Waals surface area contributed by atoms with Gasteiger partial charge in [-0.2, -0.15) is 8.78 Å². The van der Waals surface area contributed by atoms with Gasteiger partial charge in [-0.3, -0.25) is 0 Å². The fourth-order valence-electron chi connectivity index (χ4n) is 4.24. The van der Waals surface area contributed by atoms with Crippen LogP contribution in [-0.2, 0) is 12.5 Å². The second-order valence-electron chi connectivity index (χ2n) is 10.1. The van der Waals surface area contributed by atoms with Crippen molar-refractivity contribution >= 4 is 0 Å². The van der Waals surface area contributed by atoms with E-state index in [9.17, 15) is 57.1 Å². The third-order valence-electron chi connectivity index (χ3n) is 6.40. The summed E-state index contributed by atoms with van der Waals surface area (Å²) in [5, 5.41) is 0. The molecular formula is C34H17F13O2. The molecule has 0 bridgehead atoms. The van der Waals surface area contributed by atoms with E-state index in [4.69, 9.17) is 0 Å². The topological polar surface area (TPSA) is 18.5 Å². The van der Waals surface area contributed by atoms with Crippen LogP contribution in [0.1, 0.15) is 53.1 Å². The molecule has 0 aliphatic heterocycles. The van der Waals surface area contributed by atoms with Crippen LogP contribution in [0.5, 0.6) is 11.5 Å². The van der Waals surface area contributed by atoms with Gasteiger partial charge in [-0.15, -0.1) is 13.2 Å². The largest absolute Gasteiger partial charge is 0.573 e. The van der Waals surface area contributed by atoms with E-state index in [1.807, 2.05) is 12.8 Å². The van der Waals surface area contributed by atoms with E-state index in [1.165, 1.54) is 0 Å². The molecule has 0 aromatic heterocycles. The molecule has 0 aliphatic rings. The lowest BCUT2D eigenvalue weighted by Crippen LogP contribution is -2.25. The van der Waals surface area contributed by atoms with Gasteiger partial charge in [0.15, 0.2) is 11.6 Å². The van der Waals surface area contributed by atoms with Crippen LogP contribution in [-0.4, -0.2) is 6.36 Å². The maximum atomic E-state index is 14.9. The van der Waals surface area contributed by atoms with E-state index < -0.39 is 98.3 Å². The fourth-order valence-corrected chi connectivity index (χ4v) is 4.24. The number of rotatable bonds is 7. The number of unbranched alkanes of at least 4 members (excludes halogenated alkanes) is 1. The maximum absolute atomic E-state index is 14.9. The summed E-state index contributed by atoms with van der Waals surface area (Å²) in [6.45, 7) is 1.88. The predicted octanol–water partition coefficient (Wildman–Crippen LogP) is 9.97. The van der Waals surface area contributed by atoms with E-state index >= 15 is 0 Å². The smallest absolute Gasteiger partial charge is 0.429 e. The van der Waals surface area contributed by atoms with Gasteiger partial charge < -0.3 is 9.47 Å². The highest BCUT2D eigenvalue weighted by Gasteiger charge is 2.41. The normalized spacial score (nSPS) is 11.4. The molecule has 256 valence electrons. The molecule has 0 atom stereocenters. The van der Waals surface area contributed by atoms with Gasteiger partial charge in [0, 0.05) is 23.3 Å². The molecule has 15 heteroatoms. The Labute approximate surface area is 269 Å². The third kappa shape index (κ3) is 8.99. The van der Waals surface area contributed by atoms with Gasteiger partial charge >= 0.3 is 12.5 Å². The monoisotopic (exact) mass is 704 g/mol. The molecule has 0 fully saturated rings. The summed E-state index contributed by atoms with van der Waals surface area (Å²) in [6.07, 6.45) is -8.54. The highest BCUT2D eigenvalue weighted by Crippen LogP contribution is 2.36. The predicted molar refractivity (Wildman–Crippen MR) is 147 cm³/mol. The Morgan fingerprint density at radius 2 is 0.959 bits per heavy atom. The number of aryl methyl sites for hydroxylation is 1. The summed E-state index contributed by atoms with van der Waals surface area (Å²) in [5.41, 5.74) is -4.87. The van der Waals surface area contributed by atoms with Crippen molar-refractivity contribution in [1.29, 1.82) is 0 Å². The molecule has 0 saturated carbocycles. The first kappa shape index (κ1) is 36.5. The van der Waals surface area contributed by atoms with Gasteiger partial charge in [0.2, 0.25) is 5.75 Å². The van der Waals surface area contributed by atoms with Gasteiger partial charge in [0.05, 0.1) is 11.1 Å². The molecule has 0 unspecified atom stereocenters. The van der Waals surface area contributed by atoms with Crippen LogP contribution in [0.25, 0.3) is 0 Å². The van der Waals surface area contributed by atoms with Crippen molar-refractivity contribution in [2.75, 3.05) is 0 Å². The van der Waals surface area contributed by atoms with Crippen molar-refractivity contribution in [3.05, 3.63) is 128 Å². The van der Waals surface area contributed by atoms with Crippen LogP contribution >= 0.6 is 0 Å². The average Bonchev–Trinajstić information content (AvgIpc) is 2.96. The number of hydrogen-bond acceptors (Lipinski definition) is 2. The standard InChI is InChI=1S/C34H17F13O2/c1-2-3-4-17-9-23(35)21(24(36)10-17)7-5-18-11-27(39)31(28(40)12-18)33(43,44)48-20-15-25(37)22(26(38)16-20)8-6-19-13-29(41)32(30(42)14-19)49-34(45,46)47/h9-16H,2-4H2,1H3. The molecule has 2 nitrogen and oxygen atoms in total. The van der Waals surface area contributed by atoms with Gasteiger partial charge in [0.25, 0.3) is 0 Å². The van der Waals surface area contributed by atoms with Crippen LogP contribution < -0.4 is 9.47 Å². The van der Waals surface area contributed by atoms with Crippen molar-refractivity contribution in [1.82, 2.24) is 0 Å². The molecule has 49 heavy (non-hydrogen) atoms. The minimum absolute atomic E-state index is 0.134. The highest BCUT2D eigenvalue weighted by molar-refractivity contribution is 5.49. The van der Waals surface area contributed by atoms with Crippen molar-refractivity contribution in [2.24, 2.45) is 0 Å². The van der Waals surface area contributed by atoms with Gasteiger partial charge in [-0.25, -0.2) is 35.1 Å². The van der Waals surface area contributed by atoms with Crippen LogP contribution in [0, 0.1) is 70.2 Å². The van der Waals surface area contributed by atoms with Crippen LogP contribution in [0.2, 0.25) is 0 Å². The first-order chi connectivity index (χ1) is 22.9. The first-order valence-electron chi connectivity index (χ1n) is 13.7. The molecule has 0 aliphatic carbocycles. The summed E-state index contributed by atoms with van der Waals surface area (Å²) >= 11 is 0. The number of alkyl halides is 5. The van der Waals surface area contributed by atoms with Crippen LogP contribution in [0.4, 0.5) is 57.1 Å². The average molecular weight is 704 g/mol. The Morgan fingerprint density at radius 3 is 1.39 bits per heavy atom.